The number of nitrogens with zero attached hydrogens (tertiary/aromatic N) is 1. The molecule has 0 saturated heterocycles. The highest BCUT2D eigenvalue weighted by Gasteiger charge is 2.21. The van der Waals surface area contributed by atoms with E-state index in [9.17, 15) is 9.59 Å². The van der Waals surface area contributed by atoms with E-state index in [4.69, 9.17) is 11.6 Å². The lowest BCUT2D eigenvalue weighted by Crippen LogP contribution is -2.43. The van der Waals surface area contributed by atoms with Gasteiger partial charge in [-0.25, -0.2) is 4.98 Å². The van der Waals surface area contributed by atoms with Gasteiger partial charge in [-0.15, -0.1) is 0 Å². The van der Waals surface area contributed by atoms with Gasteiger partial charge in [0.15, 0.2) is 0 Å². The van der Waals surface area contributed by atoms with E-state index in [1.54, 1.807) is 24.3 Å². The van der Waals surface area contributed by atoms with Gasteiger partial charge in [0.25, 0.3) is 5.91 Å². The molecular formula is C19H19ClN4O2. The fraction of sp³-hybridized carbons (Fsp3) is 0.211. The lowest BCUT2D eigenvalue weighted by atomic mass is 10.1. The molecule has 2 amide bonds. The summed E-state index contributed by atoms with van der Waals surface area (Å²) < 4.78 is 0. The van der Waals surface area contributed by atoms with Gasteiger partial charge in [-0.1, -0.05) is 37.1 Å². The lowest BCUT2D eigenvalue weighted by molar-refractivity contribution is -0.118. The van der Waals surface area contributed by atoms with Crippen molar-refractivity contribution in [3.05, 3.63) is 59.1 Å². The molecule has 1 aromatic heterocycles. The van der Waals surface area contributed by atoms with Crippen LogP contribution in [-0.2, 0) is 4.79 Å². The third kappa shape index (κ3) is 4.21. The number of fused-ring (bicyclic) bond motifs is 1. The number of anilines is 1. The van der Waals surface area contributed by atoms with Crippen molar-refractivity contribution in [3.63, 3.8) is 0 Å². The van der Waals surface area contributed by atoms with Crippen molar-refractivity contribution < 1.29 is 9.59 Å². The Morgan fingerprint density at radius 1 is 1.15 bits per heavy atom. The Balaban J connectivity index is 1.70. The second kappa shape index (κ2) is 8.01. The normalized spacial score (nSPS) is 11.9. The number of carbonyl (C=O) groups excluding carboxylic acids is 2. The Morgan fingerprint density at radius 3 is 2.58 bits per heavy atom. The van der Waals surface area contributed by atoms with Crippen LogP contribution < -0.4 is 10.6 Å². The van der Waals surface area contributed by atoms with Crippen molar-refractivity contribution in [3.8, 4) is 0 Å². The van der Waals surface area contributed by atoms with Crippen LogP contribution in [-0.4, -0.2) is 27.8 Å². The standard InChI is InChI=1S/C19H19ClN4O2/c1-2-5-16(21-17(25)12-8-10-13(20)11-9-12)18(26)24-19-22-14-6-3-4-7-15(14)23-19/h3-4,6-11,16H,2,5H2,1H3,(H,21,25)(H2,22,23,24,26)/t16-/m0/s1. The van der Waals surface area contributed by atoms with E-state index in [1.807, 2.05) is 31.2 Å². The van der Waals surface area contributed by atoms with Crippen LogP contribution in [0.25, 0.3) is 11.0 Å². The molecule has 0 fully saturated rings. The second-order valence-electron chi connectivity index (χ2n) is 5.91. The van der Waals surface area contributed by atoms with Gasteiger partial charge in [0.2, 0.25) is 11.9 Å². The molecule has 0 unspecified atom stereocenters. The van der Waals surface area contributed by atoms with Crippen LogP contribution in [0.5, 0.6) is 0 Å². The molecular weight excluding hydrogens is 352 g/mol. The third-order valence-corrected chi connectivity index (χ3v) is 4.19. The van der Waals surface area contributed by atoms with E-state index in [0.717, 1.165) is 17.5 Å². The smallest absolute Gasteiger partial charge is 0.251 e. The fourth-order valence-electron chi connectivity index (χ4n) is 2.62. The predicted octanol–water partition coefficient (Wildman–Crippen LogP) is 3.75. The van der Waals surface area contributed by atoms with Crippen LogP contribution in [0, 0.1) is 0 Å². The molecule has 0 bridgehead atoms. The van der Waals surface area contributed by atoms with E-state index in [2.05, 4.69) is 20.6 Å². The van der Waals surface area contributed by atoms with E-state index < -0.39 is 6.04 Å². The molecule has 134 valence electrons. The molecule has 1 heterocycles. The van der Waals surface area contributed by atoms with Gasteiger partial charge in [0.1, 0.15) is 6.04 Å². The molecule has 0 saturated carbocycles. The Morgan fingerprint density at radius 2 is 1.88 bits per heavy atom. The highest BCUT2D eigenvalue weighted by molar-refractivity contribution is 6.30. The quantitative estimate of drug-likeness (QED) is 0.617. The molecule has 6 nitrogen and oxygen atoms in total. The number of benzene rings is 2. The van der Waals surface area contributed by atoms with Crippen molar-refractivity contribution in [2.45, 2.75) is 25.8 Å². The predicted molar refractivity (Wildman–Crippen MR) is 102 cm³/mol. The highest BCUT2D eigenvalue weighted by atomic mass is 35.5. The van der Waals surface area contributed by atoms with E-state index in [0.29, 0.717) is 23.0 Å². The number of aromatic nitrogens is 2. The van der Waals surface area contributed by atoms with Gasteiger partial charge < -0.3 is 10.3 Å². The summed E-state index contributed by atoms with van der Waals surface area (Å²) in [7, 11) is 0. The molecule has 1 atom stereocenters. The van der Waals surface area contributed by atoms with Gasteiger partial charge >= 0.3 is 0 Å². The van der Waals surface area contributed by atoms with Crippen molar-refractivity contribution in [2.75, 3.05) is 5.32 Å². The van der Waals surface area contributed by atoms with Crippen LogP contribution in [0.15, 0.2) is 48.5 Å². The minimum absolute atomic E-state index is 0.312. The number of carbonyl (C=O) groups is 2. The zero-order valence-electron chi connectivity index (χ0n) is 14.3. The van der Waals surface area contributed by atoms with Gasteiger partial charge in [-0.05, 0) is 42.8 Å². The number of aromatic amines is 1. The van der Waals surface area contributed by atoms with E-state index in [1.165, 1.54) is 0 Å². The molecule has 7 heteroatoms. The zero-order chi connectivity index (χ0) is 18.5. The van der Waals surface area contributed by atoms with Crippen molar-refractivity contribution >= 4 is 40.4 Å². The molecule has 0 spiro atoms. The molecule has 3 rings (SSSR count). The minimum Gasteiger partial charge on any atom is -0.340 e. The highest BCUT2D eigenvalue weighted by Crippen LogP contribution is 2.14. The SMILES string of the molecule is CCC[C@H](NC(=O)c1ccc(Cl)cc1)C(=O)Nc1nc2ccccc2[nH]1. The summed E-state index contributed by atoms with van der Waals surface area (Å²) in [5.41, 5.74) is 2.05. The number of halogens is 1. The molecule has 2 aromatic carbocycles. The second-order valence-corrected chi connectivity index (χ2v) is 6.35. The van der Waals surface area contributed by atoms with Crippen molar-refractivity contribution in [1.82, 2.24) is 15.3 Å². The summed E-state index contributed by atoms with van der Waals surface area (Å²) in [6.07, 6.45) is 1.27. The van der Waals surface area contributed by atoms with Crippen molar-refractivity contribution in [2.24, 2.45) is 0 Å². The van der Waals surface area contributed by atoms with Gasteiger partial charge in [0, 0.05) is 10.6 Å². The Bertz CT molecular complexity index is 888. The molecule has 0 aliphatic carbocycles. The summed E-state index contributed by atoms with van der Waals surface area (Å²) in [6, 6.07) is 13.4. The largest absolute Gasteiger partial charge is 0.340 e. The average molecular weight is 371 g/mol. The number of H-pyrrole nitrogens is 1. The van der Waals surface area contributed by atoms with E-state index >= 15 is 0 Å². The molecule has 26 heavy (non-hydrogen) atoms. The van der Waals surface area contributed by atoms with Gasteiger partial charge in [-0.2, -0.15) is 0 Å². The topological polar surface area (TPSA) is 86.9 Å². The molecule has 0 aliphatic rings. The minimum atomic E-state index is -0.656. The fourth-order valence-corrected chi connectivity index (χ4v) is 2.74. The number of hydrogen-bond donors (Lipinski definition) is 3. The zero-order valence-corrected chi connectivity index (χ0v) is 15.0. The van der Waals surface area contributed by atoms with Gasteiger partial charge in [0.05, 0.1) is 11.0 Å². The molecule has 0 radical (unpaired) electrons. The first-order valence-electron chi connectivity index (χ1n) is 8.39. The van der Waals surface area contributed by atoms with Crippen LogP contribution in [0.2, 0.25) is 5.02 Å². The number of para-hydroxylation sites is 2. The maximum atomic E-state index is 12.6. The lowest BCUT2D eigenvalue weighted by Gasteiger charge is -2.17. The Labute approximate surface area is 156 Å². The van der Waals surface area contributed by atoms with E-state index in [-0.39, 0.29) is 11.8 Å². The summed E-state index contributed by atoms with van der Waals surface area (Å²) in [5, 5.41) is 6.06. The first kappa shape index (κ1) is 17.9. The van der Waals surface area contributed by atoms with Gasteiger partial charge in [-0.3, -0.25) is 14.9 Å². The first-order chi connectivity index (χ1) is 12.6. The summed E-state index contributed by atoms with van der Waals surface area (Å²) >= 11 is 5.84. The number of amides is 2. The Hall–Kier alpha value is -2.86. The number of rotatable bonds is 6. The summed E-state index contributed by atoms with van der Waals surface area (Å²) in [6.45, 7) is 1.95. The number of nitrogens with one attached hydrogen (secondary N) is 3. The monoisotopic (exact) mass is 370 g/mol. The maximum Gasteiger partial charge on any atom is 0.251 e. The average Bonchev–Trinajstić information content (AvgIpc) is 3.04. The van der Waals surface area contributed by atoms with Crippen LogP contribution in [0.4, 0.5) is 5.95 Å². The van der Waals surface area contributed by atoms with Crippen molar-refractivity contribution in [1.29, 1.82) is 0 Å². The molecule has 0 aliphatic heterocycles. The maximum absolute atomic E-state index is 12.6. The summed E-state index contributed by atoms with van der Waals surface area (Å²) in [5.74, 6) is -0.272. The molecule has 3 aromatic rings. The first-order valence-corrected chi connectivity index (χ1v) is 8.76. The van der Waals surface area contributed by atoms with Crippen LogP contribution >= 0.6 is 11.6 Å². The third-order valence-electron chi connectivity index (χ3n) is 3.94. The summed E-state index contributed by atoms with van der Waals surface area (Å²) in [4.78, 5) is 32.3. The number of imidazole rings is 1. The Kier molecular flexibility index (Phi) is 5.53. The molecule has 3 N–H and O–H groups in total. The number of hydrogen-bond acceptors (Lipinski definition) is 3. The van der Waals surface area contributed by atoms with Crippen LogP contribution in [0.3, 0.4) is 0 Å². The van der Waals surface area contributed by atoms with Crippen LogP contribution in [0.1, 0.15) is 30.1 Å².